The number of hydrogen-bond acceptors (Lipinski definition) is 7. The lowest BCUT2D eigenvalue weighted by atomic mass is 9.84. The lowest BCUT2D eigenvalue weighted by Crippen LogP contribution is -2.56. The number of nitrogen functional groups attached to an aromatic ring is 1. The van der Waals surface area contributed by atoms with Gasteiger partial charge < -0.3 is 20.9 Å². The largest absolute Gasteiger partial charge is 0.384 e. The third kappa shape index (κ3) is 5.45. The minimum Gasteiger partial charge on any atom is -0.384 e. The number of aromatic nitrogens is 3. The molecule has 3 aliphatic rings. The summed E-state index contributed by atoms with van der Waals surface area (Å²) in [7, 11) is 0. The van der Waals surface area contributed by atoms with Gasteiger partial charge in [-0.05, 0) is 95.4 Å². The van der Waals surface area contributed by atoms with Crippen molar-refractivity contribution in [2.45, 2.75) is 70.0 Å². The second-order valence-corrected chi connectivity index (χ2v) is 11.4. The normalized spacial score (nSPS) is 22.2. The Morgan fingerprint density at radius 3 is 2.38 bits per heavy atom. The number of piperidine rings is 1. The molecule has 1 aromatic carbocycles. The monoisotopic (exact) mass is 543 g/mol. The standard InChI is InChI=1S/C31H38FN7O/c1-2-27-29(21-6-8-28(33)34-18-21)30(36-19-35-27)20-5-7-25(26(32)15-20)31(40)37-22-16-24(17-22)39-13-9-23(10-14-39)38-11-3-4-12-38/h5-8,15,18-19,22-24H,2-4,9-14,16-17H2,1H3,(H2,33,34)(H,37,40). The molecule has 0 bridgehead atoms. The number of carbonyl (C=O) groups excluding carboxylic acids is 1. The Hall–Kier alpha value is -3.43. The molecule has 0 unspecified atom stereocenters. The number of pyridine rings is 1. The van der Waals surface area contributed by atoms with Crippen molar-refractivity contribution in [3.05, 3.63) is 59.9 Å². The SMILES string of the molecule is CCc1ncnc(-c2ccc(C(=O)NC3CC(N4CCC(N5CCCC5)CC4)C3)c(F)c2)c1-c1ccc(N)nc1. The molecular formula is C31H38FN7O. The summed E-state index contributed by atoms with van der Waals surface area (Å²) >= 11 is 0. The molecule has 0 atom stereocenters. The Bertz CT molecular complexity index is 1340. The summed E-state index contributed by atoms with van der Waals surface area (Å²) in [6.07, 6.45) is 10.9. The number of amides is 1. The molecule has 3 aromatic rings. The predicted octanol–water partition coefficient (Wildman–Crippen LogP) is 4.31. The zero-order valence-electron chi connectivity index (χ0n) is 23.2. The molecule has 1 amide bonds. The molecule has 210 valence electrons. The van der Waals surface area contributed by atoms with Crippen molar-refractivity contribution in [2.24, 2.45) is 0 Å². The van der Waals surface area contributed by atoms with E-state index in [1.54, 1.807) is 24.4 Å². The second-order valence-electron chi connectivity index (χ2n) is 11.4. The van der Waals surface area contributed by atoms with Crippen molar-refractivity contribution >= 4 is 11.7 Å². The van der Waals surface area contributed by atoms with Gasteiger partial charge in [-0.1, -0.05) is 13.0 Å². The third-order valence-corrected chi connectivity index (χ3v) is 8.94. The summed E-state index contributed by atoms with van der Waals surface area (Å²) in [6, 6.07) is 9.63. The minimum atomic E-state index is -0.562. The van der Waals surface area contributed by atoms with Crippen LogP contribution in [0.1, 0.15) is 61.5 Å². The fraction of sp³-hybridized carbons (Fsp3) is 0.484. The molecule has 6 rings (SSSR count). The summed E-state index contributed by atoms with van der Waals surface area (Å²) in [4.78, 5) is 31.4. The summed E-state index contributed by atoms with van der Waals surface area (Å²) in [5, 5.41) is 3.06. The van der Waals surface area contributed by atoms with Crippen LogP contribution in [0.5, 0.6) is 0 Å². The molecule has 3 fully saturated rings. The number of aryl methyl sites for hydroxylation is 1. The lowest BCUT2D eigenvalue weighted by Gasteiger charge is -2.47. The van der Waals surface area contributed by atoms with Crippen LogP contribution >= 0.6 is 0 Å². The van der Waals surface area contributed by atoms with Crippen molar-refractivity contribution in [2.75, 3.05) is 31.9 Å². The number of carbonyl (C=O) groups is 1. The topological polar surface area (TPSA) is 100 Å². The lowest BCUT2D eigenvalue weighted by molar-refractivity contribution is 0.0456. The average Bonchev–Trinajstić information content (AvgIpc) is 3.50. The van der Waals surface area contributed by atoms with Crippen LogP contribution in [0.2, 0.25) is 0 Å². The minimum absolute atomic E-state index is 0.0547. The van der Waals surface area contributed by atoms with E-state index in [1.807, 2.05) is 13.0 Å². The molecular weight excluding hydrogens is 505 g/mol. The van der Waals surface area contributed by atoms with E-state index in [9.17, 15) is 4.79 Å². The van der Waals surface area contributed by atoms with Gasteiger partial charge in [-0.15, -0.1) is 0 Å². The first-order valence-corrected chi connectivity index (χ1v) is 14.6. The highest BCUT2D eigenvalue weighted by atomic mass is 19.1. The number of benzene rings is 1. The maximum absolute atomic E-state index is 15.3. The number of anilines is 1. The van der Waals surface area contributed by atoms with Crippen LogP contribution in [0.3, 0.4) is 0 Å². The molecule has 3 N–H and O–H groups in total. The molecule has 0 radical (unpaired) electrons. The smallest absolute Gasteiger partial charge is 0.254 e. The molecule has 2 aliphatic heterocycles. The fourth-order valence-electron chi connectivity index (χ4n) is 6.60. The molecule has 2 saturated heterocycles. The predicted molar refractivity (Wildman–Crippen MR) is 154 cm³/mol. The first-order valence-electron chi connectivity index (χ1n) is 14.6. The molecule has 40 heavy (non-hydrogen) atoms. The molecule has 1 saturated carbocycles. The molecule has 8 nitrogen and oxygen atoms in total. The van der Waals surface area contributed by atoms with Gasteiger partial charge in [-0.2, -0.15) is 0 Å². The number of likely N-dealkylation sites (tertiary alicyclic amines) is 2. The summed E-state index contributed by atoms with van der Waals surface area (Å²) in [6.45, 7) is 6.81. The van der Waals surface area contributed by atoms with E-state index in [2.05, 4.69) is 30.1 Å². The number of halogens is 1. The van der Waals surface area contributed by atoms with Gasteiger partial charge in [0.05, 0.1) is 17.0 Å². The van der Waals surface area contributed by atoms with Crippen LogP contribution in [0.25, 0.3) is 22.4 Å². The van der Waals surface area contributed by atoms with Gasteiger partial charge >= 0.3 is 0 Å². The van der Waals surface area contributed by atoms with E-state index in [0.717, 1.165) is 48.8 Å². The van der Waals surface area contributed by atoms with Crippen LogP contribution < -0.4 is 11.1 Å². The zero-order chi connectivity index (χ0) is 27.6. The first-order chi connectivity index (χ1) is 19.5. The molecule has 0 spiro atoms. The van der Waals surface area contributed by atoms with E-state index >= 15 is 4.39 Å². The molecule has 4 heterocycles. The van der Waals surface area contributed by atoms with Gasteiger partial charge in [-0.3, -0.25) is 4.79 Å². The molecule has 1 aliphatic carbocycles. The number of nitrogens with one attached hydrogen (secondary N) is 1. The Labute approximate surface area is 235 Å². The van der Waals surface area contributed by atoms with Gasteiger partial charge in [0, 0.05) is 41.0 Å². The van der Waals surface area contributed by atoms with E-state index in [1.165, 1.54) is 51.2 Å². The van der Waals surface area contributed by atoms with Crippen LogP contribution in [-0.2, 0) is 6.42 Å². The van der Waals surface area contributed by atoms with Gasteiger partial charge in [-0.25, -0.2) is 19.3 Å². The molecule has 9 heteroatoms. The second kappa shape index (κ2) is 11.6. The fourth-order valence-corrected chi connectivity index (χ4v) is 6.60. The van der Waals surface area contributed by atoms with Gasteiger partial charge in [0.2, 0.25) is 0 Å². The highest BCUT2D eigenvalue weighted by Gasteiger charge is 2.37. The zero-order valence-corrected chi connectivity index (χ0v) is 23.2. The Morgan fingerprint density at radius 1 is 0.975 bits per heavy atom. The van der Waals surface area contributed by atoms with Crippen LogP contribution in [0, 0.1) is 5.82 Å². The first kappa shape index (κ1) is 26.8. The molecule has 2 aromatic heterocycles. The van der Waals surface area contributed by atoms with E-state index in [0.29, 0.717) is 29.5 Å². The highest BCUT2D eigenvalue weighted by Crippen LogP contribution is 2.34. The van der Waals surface area contributed by atoms with E-state index < -0.39 is 5.82 Å². The Balaban J connectivity index is 1.09. The number of nitrogens with zero attached hydrogens (tertiary/aromatic N) is 5. The van der Waals surface area contributed by atoms with E-state index in [4.69, 9.17) is 5.73 Å². The Kier molecular flexibility index (Phi) is 7.76. The van der Waals surface area contributed by atoms with E-state index in [-0.39, 0.29) is 17.5 Å². The van der Waals surface area contributed by atoms with Crippen molar-refractivity contribution in [3.8, 4) is 22.4 Å². The van der Waals surface area contributed by atoms with Gasteiger partial charge in [0.25, 0.3) is 5.91 Å². The van der Waals surface area contributed by atoms with Crippen molar-refractivity contribution in [1.29, 1.82) is 0 Å². The number of nitrogens with two attached hydrogens (primary N) is 1. The summed E-state index contributed by atoms with van der Waals surface area (Å²) in [5.74, 6) is -0.505. The van der Waals surface area contributed by atoms with Gasteiger partial charge in [0.15, 0.2) is 0 Å². The van der Waals surface area contributed by atoms with Crippen LogP contribution in [0.4, 0.5) is 10.2 Å². The Morgan fingerprint density at radius 2 is 1.70 bits per heavy atom. The third-order valence-electron chi connectivity index (χ3n) is 8.94. The quantitative estimate of drug-likeness (QED) is 0.458. The summed E-state index contributed by atoms with van der Waals surface area (Å²) < 4.78 is 15.3. The van der Waals surface area contributed by atoms with Gasteiger partial charge in [0.1, 0.15) is 18.0 Å². The van der Waals surface area contributed by atoms with Crippen molar-refractivity contribution in [3.63, 3.8) is 0 Å². The van der Waals surface area contributed by atoms with Crippen LogP contribution in [0.15, 0.2) is 42.9 Å². The van der Waals surface area contributed by atoms with Crippen molar-refractivity contribution in [1.82, 2.24) is 30.1 Å². The average molecular weight is 544 g/mol. The highest BCUT2D eigenvalue weighted by molar-refractivity contribution is 5.95. The number of hydrogen-bond donors (Lipinski definition) is 2. The summed E-state index contributed by atoms with van der Waals surface area (Å²) in [5.41, 5.74) is 9.44. The maximum atomic E-state index is 15.3. The number of rotatable bonds is 7. The van der Waals surface area contributed by atoms with Crippen LogP contribution in [-0.4, -0.2) is 75.0 Å². The van der Waals surface area contributed by atoms with Crippen molar-refractivity contribution < 1.29 is 9.18 Å². The maximum Gasteiger partial charge on any atom is 0.254 e.